The van der Waals surface area contributed by atoms with Crippen molar-refractivity contribution >= 4 is 11.9 Å². The summed E-state index contributed by atoms with van der Waals surface area (Å²) in [7, 11) is 0. The Bertz CT molecular complexity index is 602. The summed E-state index contributed by atoms with van der Waals surface area (Å²) < 4.78 is 0. The lowest BCUT2D eigenvalue weighted by atomic mass is 9.90. The molecule has 0 aliphatic carbocycles. The van der Waals surface area contributed by atoms with E-state index in [0.29, 0.717) is 11.8 Å². The van der Waals surface area contributed by atoms with E-state index in [4.69, 9.17) is 0 Å². The van der Waals surface area contributed by atoms with Crippen LogP contribution >= 0.6 is 0 Å². The number of benzene rings is 1. The molecule has 1 heterocycles. The van der Waals surface area contributed by atoms with Crippen molar-refractivity contribution in [3.05, 3.63) is 52.2 Å². The van der Waals surface area contributed by atoms with Crippen molar-refractivity contribution in [1.29, 1.82) is 0 Å². The van der Waals surface area contributed by atoms with E-state index in [1.807, 2.05) is 12.3 Å². The largest absolute Gasteiger partial charge is 0.358 e. The van der Waals surface area contributed by atoms with Gasteiger partial charge in [0.1, 0.15) is 0 Å². The molecule has 0 amide bonds. The van der Waals surface area contributed by atoms with Crippen molar-refractivity contribution in [3.63, 3.8) is 0 Å². The number of allylic oxidation sites excluding steroid dienone is 2. The molecule has 0 saturated heterocycles. The predicted molar refractivity (Wildman–Crippen MR) is 98.2 cm³/mol. The van der Waals surface area contributed by atoms with Gasteiger partial charge in [-0.05, 0) is 48.5 Å². The molecule has 1 aromatic rings. The van der Waals surface area contributed by atoms with Gasteiger partial charge in [-0.3, -0.25) is 4.99 Å². The molecular weight excluding hydrogens is 268 g/mol. The molecule has 1 aromatic carbocycles. The van der Waals surface area contributed by atoms with Crippen molar-refractivity contribution < 1.29 is 0 Å². The Morgan fingerprint density at radius 2 is 1.68 bits per heavy atom. The fourth-order valence-corrected chi connectivity index (χ4v) is 2.83. The summed E-state index contributed by atoms with van der Waals surface area (Å²) in [6.07, 6.45) is 6.02. The van der Waals surface area contributed by atoms with Gasteiger partial charge >= 0.3 is 0 Å². The lowest BCUT2D eigenvalue weighted by Gasteiger charge is -2.23. The summed E-state index contributed by atoms with van der Waals surface area (Å²) >= 11 is 0. The molecule has 0 unspecified atom stereocenters. The summed E-state index contributed by atoms with van der Waals surface area (Å²) in [5, 5.41) is 3.69. The molecule has 2 nitrogen and oxygen atoms in total. The lowest BCUT2D eigenvalue weighted by Crippen LogP contribution is -2.09. The molecule has 0 fully saturated rings. The number of dihydropyridines is 1. The van der Waals surface area contributed by atoms with Gasteiger partial charge in [0.2, 0.25) is 0 Å². The number of nitrogens with zero attached hydrogens (tertiary/aromatic N) is 1. The van der Waals surface area contributed by atoms with Crippen LogP contribution in [0, 0.1) is 6.92 Å². The van der Waals surface area contributed by atoms with Gasteiger partial charge in [0.15, 0.2) is 0 Å². The Morgan fingerprint density at radius 3 is 2.14 bits per heavy atom. The summed E-state index contributed by atoms with van der Waals surface area (Å²) in [4.78, 5) is 4.34. The van der Waals surface area contributed by atoms with E-state index >= 15 is 0 Å². The quantitative estimate of drug-likeness (QED) is 0.772. The van der Waals surface area contributed by atoms with Crippen molar-refractivity contribution in [2.75, 3.05) is 11.9 Å². The van der Waals surface area contributed by atoms with Crippen molar-refractivity contribution in [2.24, 2.45) is 4.99 Å². The van der Waals surface area contributed by atoms with Crippen LogP contribution in [0.2, 0.25) is 0 Å². The van der Waals surface area contributed by atoms with Gasteiger partial charge < -0.3 is 5.32 Å². The van der Waals surface area contributed by atoms with Crippen molar-refractivity contribution in [2.45, 2.75) is 53.4 Å². The molecule has 0 aromatic heterocycles. The number of rotatable bonds is 4. The highest BCUT2D eigenvalue weighted by Gasteiger charge is 2.16. The number of aliphatic imine (C=N–C) groups is 1. The minimum Gasteiger partial charge on any atom is -0.358 e. The van der Waals surface area contributed by atoms with Gasteiger partial charge in [0.05, 0.1) is 6.54 Å². The first-order valence-corrected chi connectivity index (χ1v) is 8.17. The Hall–Kier alpha value is -1.83. The zero-order chi connectivity index (χ0) is 16.3. The van der Waals surface area contributed by atoms with Crippen LogP contribution in [0.15, 0.2) is 40.5 Å². The Labute approximate surface area is 135 Å². The maximum Gasteiger partial charge on any atom is 0.0656 e. The van der Waals surface area contributed by atoms with Crippen LogP contribution in [0.5, 0.6) is 0 Å². The highest BCUT2D eigenvalue weighted by molar-refractivity contribution is 5.74. The molecule has 0 atom stereocenters. The first-order chi connectivity index (χ1) is 10.4. The predicted octanol–water partition coefficient (Wildman–Crippen LogP) is 5.57. The minimum absolute atomic E-state index is 0.498. The van der Waals surface area contributed by atoms with Crippen LogP contribution < -0.4 is 5.32 Å². The number of aryl methyl sites for hydroxylation is 1. The SMILES string of the molecule is CC(Nc1c(C(C)C)cc(C)cc1C(C)C)=C1C=CC=NC1. The Morgan fingerprint density at radius 1 is 1.09 bits per heavy atom. The van der Waals surface area contributed by atoms with Gasteiger partial charge in [0.25, 0.3) is 0 Å². The number of nitrogens with one attached hydrogen (secondary N) is 1. The van der Waals surface area contributed by atoms with Crippen LogP contribution in [-0.4, -0.2) is 12.8 Å². The monoisotopic (exact) mass is 296 g/mol. The normalized spacial score (nSPS) is 16.5. The van der Waals surface area contributed by atoms with E-state index < -0.39 is 0 Å². The highest BCUT2D eigenvalue weighted by atomic mass is 14.9. The number of anilines is 1. The van der Waals surface area contributed by atoms with Crippen LogP contribution in [0.1, 0.15) is 63.1 Å². The molecule has 0 radical (unpaired) electrons. The first kappa shape index (κ1) is 16.5. The van der Waals surface area contributed by atoms with E-state index in [1.54, 1.807) is 0 Å². The molecule has 0 saturated carbocycles. The third-order valence-electron chi connectivity index (χ3n) is 4.13. The minimum atomic E-state index is 0.498. The topological polar surface area (TPSA) is 24.4 Å². The van der Waals surface area contributed by atoms with Crippen LogP contribution in [0.4, 0.5) is 5.69 Å². The second kappa shape index (κ2) is 6.95. The summed E-state index contributed by atoms with van der Waals surface area (Å²) in [6.45, 7) is 14.1. The molecule has 22 heavy (non-hydrogen) atoms. The second-order valence-corrected chi connectivity index (χ2v) is 6.75. The van der Waals surface area contributed by atoms with Gasteiger partial charge in [-0.15, -0.1) is 0 Å². The first-order valence-electron chi connectivity index (χ1n) is 8.17. The summed E-state index contributed by atoms with van der Waals surface area (Å²) in [5.74, 6) is 0.996. The standard InChI is InChI=1S/C20H28N2/c1-13(2)18-10-15(5)11-19(14(3)4)20(18)22-16(6)17-8-7-9-21-12-17/h7-11,13-14,22H,12H2,1-6H3. The summed E-state index contributed by atoms with van der Waals surface area (Å²) in [6, 6.07) is 4.62. The molecule has 2 heteroatoms. The smallest absolute Gasteiger partial charge is 0.0656 e. The zero-order valence-corrected chi connectivity index (χ0v) is 14.7. The highest BCUT2D eigenvalue weighted by Crippen LogP contribution is 2.35. The molecule has 0 spiro atoms. The molecule has 0 bridgehead atoms. The zero-order valence-electron chi connectivity index (χ0n) is 14.7. The fourth-order valence-electron chi connectivity index (χ4n) is 2.83. The lowest BCUT2D eigenvalue weighted by molar-refractivity contribution is 0.833. The third-order valence-corrected chi connectivity index (χ3v) is 4.13. The van der Waals surface area contributed by atoms with E-state index in [0.717, 1.165) is 6.54 Å². The number of hydrogen-bond donors (Lipinski definition) is 1. The van der Waals surface area contributed by atoms with E-state index in [9.17, 15) is 0 Å². The molecule has 118 valence electrons. The van der Waals surface area contributed by atoms with Crippen LogP contribution in [0.25, 0.3) is 0 Å². The van der Waals surface area contributed by atoms with Crippen LogP contribution in [-0.2, 0) is 0 Å². The van der Waals surface area contributed by atoms with Crippen molar-refractivity contribution in [3.8, 4) is 0 Å². The van der Waals surface area contributed by atoms with Gasteiger partial charge in [-0.25, -0.2) is 0 Å². The molecule has 1 N–H and O–H groups in total. The Balaban J connectivity index is 2.48. The molecular formula is C20H28N2. The number of hydrogen-bond acceptors (Lipinski definition) is 2. The van der Waals surface area contributed by atoms with Gasteiger partial charge in [0, 0.05) is 17.6 Å². The van der Waals surface area contributed by atoms with E-state index in [2.05, 4.69) is 70.1 Å². The second-order valence-electron chi connectivity index (χ2n) is 6.75. The Kier molecular flexibility index (Phi) is 5.23. The molecule has 1 aliphatic rings. The molecule has 2 rings (SSSR count). The van der Waals surface area contributed by atoms with Crippen molar-refractivity contribution in [1.82, 2.24) is 0 Å². The maximum atomic E-state index is 4.34. The average molecular weight is 296 g/mol. The average Bonchev–Trinajstić information content (AvgIpc) is 2.48. The maximum absolute atomic E-state index is 4.34. The van der Waals surface area contributed by atoms with Gasteiger partial charge in [-0.1, -0.05) is 51.5 Å². The van der Waals surface area contributed by atoms with E-state index in [-0.39, 0.29) is 0 Å². The summed E-state index contributed by atoms with van der Waals surface area (Å²) in [5.41, 5.74) is 7.86. The van der Waals surface area contributed by atoms with Gasteiger partial charge in [-0.2, -0.15) is 0 Å². The third kappa shape index (κ3) is 3.68. The van der Waals surface area contributed by atoms with Crippen LogP contribution in [0.3, 0.4) is 0 Å². The van der Waals surface area contributed by atoms with E-state index in [1.165, 1.54) is 33.6 Å². The fraction of sp³-hybridized carbons (Fsp3) is 0.450. The molecule has 1 aliphatic heterocycles.